The van der Waals surface area contributed by atoms with E-state index in [1.165, 1.54) is 25.1 Å². The number of rotatable bonds is 4. The zero-order chi connectivity index (χ0) is 18.0. The molecular weight excluding hydrogens is 296 g/mol. The molecule has 5 nitrogen and oxygen atoms in total. The standard InChI is InChI=1S/C7H6F2.C6H13NO2.2CH4O.H2/c1-5-6(8)3-2-4-7(5)9;1-2-3-4-9-6(8)5-7;2*1-2;/h2-4H,1H3;2-5,7H2,1H3;2*2H,1H3;1H. The molecule has 1 rings (SSSR count). The Hall–Kier alpha value is -1.57. The highest BCUT2D eigenvalue weighted by molar-refractivity contribution is 5.71. The van der Waals surface area contributed by atoms with Crippen molar-refractivity contribution in [2.24, 2.45) is 5.73 Å². The molecule has 0 unspecified atom stereocenters. The van der Waals surface area contributed by atoms with E-state index in [1.807, 2.05) is 6.92 Å². The highest BCUT2D eigenvalue weighted by Crippen LogP contribution is 2.08. The summed E-state index contributed by atoms with van der Waals surface area (Å²) in [5, 5.41) is 14.0. The number of carbonyl (C=O) groups excluding carboxylic acids is 1. The highest BCUT2D eigenvalue weighted by Gasteiger charge is 1.99. The Balaban J connectivity index is -0.000000124. The second-order valence-corrected chi connectivity index (χ2v) is 3.62. The Morgan fingerprint density at radius 1 is 1.23 bits per heavy atom. The number of carbonyl (C=O) groups is 1. The Kier molecular flexibility index (Phi) is 22.4. The summed E-state index contributed by atoms with van der Waals surface area (Å²) in [6.07, 6.45) is 1.96. The molecular formula is C15H29F2NO4. The van der Waals surface area contributed by atoms with Crippen molar-refractivity contribution in [1.29, 1.82) is 0 Å². The van der Waals surface area contributed by atoms with E-state index in [0.29, 0.717) is 6.61 Å². The average Bonchev–Trinajstić information content (AvgIpc) is 2.57. The van der Waals surface area contributed by atoms with Gasteiger partial charge in [-0.15, -0.1) is 0 Å². The van der Waals surface area contributed by atoms with Crippen molar-refractivity contribution >= 4 is 5.97 Å². The zero-order valence-corrected chi connectivity index (χ0v) is 13.6. The molecule has 0 aliphatic rings. The van der Waals surface area contributed by atoms with Gasteiger partial charge in [0.25, 0.3) is 0 Å². The molecule has 0 radical (unpaired) electrons. The van der Waals surface area contributed by atoms with Gasteiger partial charge in [0.15, 0.2) is 0 Å². The molecule has 0 saturated heterocycles. The number of aliphatic hydroxyl groups excluding tert-OH is 2. The van der Waals surface area contributed by atoms with Crippen LogP contribution < -0.4 is 5.73 Å². The van der Waals surface area contributed by atoms with Crippen molar-refractivity contribution in [2.45, 2.75) is 26.7 Å². The summed E-state index contributed by atoms with van der Waals surface area (Å²) in [5.74, 6) is -1.30. The molecule has 0 bridgehead atoms. The largest absolute Gasteiger partial charge is 0.465 e. The Labute approximate surface area is 132 Å². The maximum Gasteiger partial charge on any atom is 0.319 e. The van der Waals surface area contributed by atoms with Crippen LogP contribution in [0.4, 0.5) is 8.78 Å². The topological polar surface area (TPSA) is 92.8 Å². The molecule has 0 aliphatic heterocycles. The van der Waals surface area contributed by atoms with E-state index in [-0.39, 0.29) is 19.5 Å². The summed E-state index contributed by atoms with van der Waals surface area (Å²) in [6.45, 7) is 3.94. The molecule has 0 amide bonds. The first-order valence-corrected chi connectivity index (χ1v) is 6.68. The monoisotopic (exact) mass is 325 g/mol. The smallest absolute Gasteiger partial charge is 0.319 e. The SMILES string of the molecule is CCCCOC(=O)CN.CO.CO.Cc1c(F)cccc1F.[HH]. The molecule has 0 saturated carbocycles. The number of unbranched alkanes of at least 4 members (excludes halogenated alkanes) is 1. The molecule has 0 atom stereocenters. The normalized spacial score (nSPS) is 8.23. The van der Waals surface area contributed by atoms with Crippen LogP contribution in [0.15, 0.2) is 18.2 Å². The summed E-state index contributed by atoms with van der Waals surface area (Å²) in [5.41, 5.74) is 5.06. The van der Waals surface area contributed by atoms with Crippen LogP contribution in [0.5, 0.6) is 0 Å². The molecule has 0 aromatic heterocycles. The first-order chi connectivity index (χ1) is 10.5. The minimum Gasteiger partial charge on any atom is -0.465 e. The summed E-state index contributed by atoms with van der Waals surface area (Å²) in [4.78, 5) is 10.3. The van der Waals surface area contributed by atoms with E-state index in [0.717, 1.165) is 27.1 Å². The van der Waals surface area contributed by atoms with Crippen molar-refractivity contribution in [3.63, 3.8) is 0 Å². The number of hydrogen-bond donors (Lipinski definition) is 3. The van der Waals surface area contributed by atoms with Crippen LogP contribution in [0, 0.1) is 18.6 Å². The van der Waals surface area contributed by atoms with Gasteiger partial charge in [-0.2, -0.15) is 0 Å². The lowest BCUT2D eigenvalue weighted by Crippen LogP contribution is -2.17. The van der Waals surface area contributed by atoms with E-state index in [4.69, 9.17) is 15.9 Å². The van der Waals surface area contributed by atoms with Crippen LogP contribution >= 0.6 is 0 Å². The van der Waals surface area contributed by atoms with Crippen LogP contribution in [-0.4, -0.2) is 43.6 Å². The molecule has 0 spiro atoms. The van der Waals surface area contributed by atoms with Gasteiger partial charge in [-0.25, -0.2) is 8.78 Å². The number of nitrogens with two attached hydrogens (primary N) is 1. The number of aliphatic hydroxyl groups is 2. The predicted molar refractivity (Wildman–Crippen MR) is 84.4 cm³/mol. The molecule has 1 aromatic carbocycles. The van der Waals surface area contributed by atoms with Crippen molar-refractivity contribution < 1.29 is 30.0 Å². The molecule has 4 N–H and O–H groups in total. The van der Waals surface area contributed by atoms with Gasteiger partial charge >= 0.3 is 5.97 Å². The molecule has 22 heavy (non-hydrogen) atoms. The molecule has 0 aliphatic carbocycles. The van der Waals surface area contributed by atoms with Crippen molar-refractivity contribution in [1.82, 2.24) is 0 Å². The second-order valence-electron chi connectivity index (χ2n) is 3.62. The van der Waals surface area contributed by atoms with Gasteiger partial charge in [0.1, 0.15) is 11.6 Å². The van der Waals surface area contributed by atoms with E-state index in [2.05, 4.69) is 4.74 Å². The quantitative estimate of drug-likeness (QED) is 0.582. The molecule has 1 aromatic rings. The van der Waals surface area contributed by atoms with Gasteiger partial charge in [0, 0.05) is 21.2 Å². The zero-order valence-electron chi connectivity index (χ0n) is 13.6. The summed E-state index contributed by atoms with van der Waals surface area (Å²) < 4.78 is 29.3. The average molecular weight is 325 g/mol. The van der Waals surface area contributed by atoms with Gasteiger partial charge < -0.3 is 20.7 Å². The molecule has 0 fully saturated rings. The Morgan fingerprint density at radius 3 is 2.00 bits per heavy atom. The van der Waals surface area contributed by atoms with E-state index in [1.54, 1.807) is 0 Å². The van der Waals surface area contributed by atoms with Crippen molar-refractivity contribution in [2.75, 3.05) is 27.4 Å². The summed E-state index contributed by atoms with van der Waals surface area (Å²) in [7, 11) is 2.00. The van der Waals surface area contributed by atoms with Crippen LogP contribution in [-0.2, 0) is 9.53 Å². The Bertz CT molecular complexity index is 362. The highest BCUT2D eigenvalue weighted by atomic mass is 19.1. The molecule has 7 heteroatoms. The van der Waals surface area contributed by atoms with Gasteiger partial charge in [0.05, 0.1) is 13.2 Å². The fourth-order valence-corrected chi connectivity index (χ4v) is 0.970. The van der Waals surface area contributed by atoms with Crippen LogP contribution in [0.1, 0.15) is 26.8 Å². The number of halogens is 2. The third-order valence-corrected chi connectivity index (χ3v) is 2.13. The fraction of sp³-hybridized carbons (Fsp3) is 0.533. The van der Waals surface area contributed by atoms with E-state index >= 15 is 0 Å². The molecule has 132 valence electrons. The lowest BCUT2D eigenvalue weighted by atomic mass is 10.2. The second kappa shape index (κ2) is 19.4. The maximum atomic E-state index is 12.3. The van der Waals surface area contributed by atoms with Gasteiger partial charge in [-0.3, -0.25) is 4.79 Å². The van der Waals surface area contributed by atoms with E-state index in [9.17, 15) is 13.6 Å². The van der Waals surface area contributed by atoms with E-state index < -0.39 is 11.6 Å². The number of benzene rings is 1. The minimum absolute atomic E-state index is 0. The first-order valence-electron chi connectivity index (χ1n) is 6.68. The summed E-state index contributed by atoms with van der Waals surface area (Å²) in [6, 6.07) is 3.81. The number of ether oxygens (including phenoxy) is 1. The lowest BCUT2D eigenvalue weighted by Gasteiger charge is -1.99. The van der Waals surface area contributed by atoms with Crippen LogP contribution in [0.2, 0.25) is 0 Å². The van der Waals surface area contributed by atoms with Gasteiger partial charge in [0.2, 0.25) is 0 Å². The third-order valence-electron chi connectivity index (χ3n) is 2.13. The number of hydrogen-bond acceptors (Lipinski definition) is 5. The maximum absolute atomic E-state index is 12.3. The first kappa shape index (κ1) is 25.4. The van der Waals surface area contributed by atoms with Gasteiger partial charge in [-0.05, 0) is 25.5 Å². The van der Waals surface area contributed by atoms with Crippen molar-refractivity contribution in [3.05, 3.63) is 35.4 Å². The molecule has 0 heterocycles. The lowest BCUT2D eigenvalue weighted by molar-refractivity contribution is -0.141. The van der Waals surface area contributed by atoms with Crippen LogP contribution in [0.3, 0.4) is 0 Å². The fourth-order valence-electron chi connectivity index (χ4n) is 0.970. The van der Waals surface area contributed by atoms with Crippen molar-refractivity contribution in [3.8, 4) is 0 Å². The Morgan fingerprint density at radius 2 is 1.68 bits per heavy atom. The number of esters is 1. The predicted octanol–water partition coefficient (Wildman–Crippen LogP) is 2.02. The minimum atomic E-state index is -0.491. The van der Waals surface area contributed by atoms with Gasteiger partial charge in [-0.1, -0.05) is 19.4 Å². The summed E-state index contributed by atoms with van der Waals surface area (Å²) >= 11 is 0. The third kappa shape index (κ3) is 14.8. The van der Waals surface area contributed by atoms with Crippen LogP contribution in [0.25, 0.3) is 0 Å².